The Hall–Kier alpha value is -1.31. The van der Waals surface area contributed by atoms with E-state index in [4.69, 9.17) is 5.26 Å². The van der Waals surface area contributed by atoms with Crippen molar-refractivity contribution in [2.75, 3.05) is 14.2 Å². The van der Waals surface area contributed by atoms with E-state index in [1.54, 1.807) is 0 Å². The van der Waals surface area contributed by atoms with E-state index in [1.165, 1.54) is 14.2 Å². The molecule has 1 heterocycles. The van der Waals surface area contributed by atoms with Crippen LogP contribution in [0.1, 0.15) is 6.42 Å². The van der Waals surface area contributed by atoms with Gasteiger partial charge in [0.25, 0.3) is 0 Å². The topological polar surface area (TPSA) is 76.4 Å². The molecule has 0 spiro atoms. The molecule has 5 nitrogen and oxygen atoms in total. The monoisotopic (exact) mass is 275 g/mol. The van der Waals surface area contributed by atoms with Crippen molar-refractivity contribution in [3.63, 3.8) is 0 Å². The van der Waals surface area contributed by atoms with Crippen molar-refractivity contribution in [3.05, 3.63) is 10.0 Å². The van der Waals surface area contributed by atoms with E-state index < -0.39 is 11.9 Å². The molecule has 80 valence electrons. The molecule has 0 aliphatic carbocycles. The molecule has 1 aliphatic heterocycles. The minimum absolute atomic E-state index is 0.277. The fraction of sp³-hybridized carbons (Fsp3) is 0.444. The summed E-state index contributed by atoms with van der Waals surface area (Å²) in [6.07, 6.45) is 0.285. The van der Waals surface area contributed by atoms with Crippen LogP contribution in [-0.2, 0) is 19.1 Å². The van der Waals surface area contributed by atoms with Gasteiger partial charge in [0.15, 0.2) is 0 Å². The summed E-state index contributed by atoms with van der Waals surface area (Å²) in [6, 6.07) is 2.05. The Morgan fingerprint density at radius 3 is 2.47 bits per heavy atom. The van der Waals surface area contributed by atoms with Crippen molar-refractivity contribution >= 4 is 26.9 Å². The van der Waals surface area contributed by atoms with E-state index in [9.17, 15) is 9.59 Å². The maximum absolute atomic E-state index is 11.3. The number of rotatable bonds is 2. The zero-order valence-corrected chi connectivity index (χ0v) is 9.99. The fourth-order valence-corrected chi connectivity index (χ4v) is 3.43. The van der Waals surface area contributed by atoms with Crippen molar-refractivity contribution in [1.29, 1.82) is 5.26 Å². The number of carbonyl (C=O) groups excluding carboxylic acids is 2. The third-order valence-corrected chi connectivity index (χ3v) is 4.40. The Balaban J connectivity index is 2.98. The first-order valence-electron chi connectivity index (χ1n) is 4.10. The summed E-state index contributed by atoms with van der Waals surface area (Å²) in [4.78, 5) is 22.4. The second kappa shape index (κ2) is 4.96. The van der Waals surface area contributed by atoms with E-state index in [1.807, 2.05) is 0 Å². The van der Waals surface area contributed by atoms with Gasteiger partial charge in [0.1, 0.15) is 0 Å². The molecule has 1 aliphatic rings. The van der Waals surface area contributed by atoms with Crippen LogP contribution in [0.3, 0.4) is 0 Å². The number of methoxy groups -OCH3 is 2. The van der Waals surface area contributed by atoms with Crippen LogP contribution in [0, 0.1) is 11.3 Å². The fourth-order valence-electron chi connectivity index (χ4n) is 1.17. The van der Waals surface area contributed by atoms with Crippen LogP contribution >= 0.6 is 0 Å². The molecule has 1 unspecified atom stereocenters. The summed E-state index contributed by atoms with van der Waals surface area (Å²) < 4.78 is 9.42. The van der Waals surface area contributed by atoms with Crippen molar-refractivity contribution in [1.82, 2.24) is 0 Å². The van der Waals surface area contributed by atoms with E-state index in [0.717, 1.165) is 0 Å². The second-order valence-electron chi connectivity index (χ2n) is 2.73. The molecule has 15 heavy (non-hydrogen) atoms. The Labute approximate surface area is 93.2 Å². The molecule has 1 rings (SSSR count). The first-order chi connectivity index (χ1) is 7.13. The first-order valence-corrected chi connectivity index (χ1v) is 5.94. The first kappa shape index (κ1) is 11.8. The molecule has 0 amide bonds. The van der Waals surface area contributed by atoms with Gasteiger partial charge in [-0.15, -0.1) is 0 Å². The number of hydrogen-bond donors (Lipinski definition) is 0. The summed E-state index contributed by atoms with van der Waals surface area (Å²) in [5.41, 5.74) is 0.288. The predicted molar refractivity (Wildman–Crippen MR) is 50.8 cm³/mol. The molecular weight excluding hydrogens is 265 g/mol. The standard InChI is InChI=1S/C9H9NO4Se/c1-13-8(11)6-3-5(4-10)15-7(6)9(12)14-2/h5H,3H2,1-2H3. The zero-order chi connectivity index (χ0) is 11.4. The molecule has 0 aromatic heterocycles. The van der Waals surface area contributed by atoms with Gasteiger partial charge in [0, 0.05) is 0 Å². The SMILES string of the molecule is COC(=O)C1=C(C(=O)OC)[Se]C(C#N)C1. The van der Waals surface area contributed by atoms with Crippen LogP contribution in [0.15, 0.2) is 10.0 Å². The molecule has 6 heteroatoms. The molecule has 0 fully saturated rings. The number of nitrogens with zero attached hydrogens (tertiary/aromatic N) is 1. The van der Waals surface area contributed by atoms with Gasteiger partial charge < -0.3 is 0 Å². The summed E-state index contributed by atoms with van der Waals surface area (Å²) in [6.45, 7) is 0. The second-order valence-corrected chi connectivity index (χ2v) is 5.28. The number of ether oxygens (including phenoxy) is 2. The third kappa shape index (κ3) is 2.38. The molecular formula is C9H9NO4Se. The van der Waals surface area contributed by atoms with Gasteiger partial charge in [-0.1, -0.05) is 0 Å². The van der Waals surface area contributed by atoms with Gasteiger partial charge >= 0.3 is 92.8 Å². The van der Waals surface area contributed by atoms with E-state index in [2.05, 4.69) is 15.5 Å². The molecule has 0 saturated carbocycles. The molecule has 0 saturated heterocycles. The van der Waals surface area contributed by atoms with Crippen LogP contribution in [0.25, 0.3) is 0 Å². The molecule has 1 atom stereocenters. The minimum atomic E-state index is -0.546. The Morgan fingerprint density at radius 1 is 1.40 bits per heavy atom. The van der Waals surface area contributed by atoms with Gasteiger partial charge in [0.05, 0.1) is 0 Å². The Morgan fingerprint density at radius 2 is 2.00 bits per heavy atom. The van der Waals surface area contributed by atoms with Crippen LogP contribution in [-0.4, -0.2) is 41.1 Å². The van der Waals surface area contributed by atoms with Crippen LogP contribution in [0.4, 0.5) is 0 Å². The van der Waals surface area contributed by atoms with Crippen molar-refractivity contribution in [2.45, 2.75) is 11.2 Å². The Kier molecular flexibility index (Phi) is 3.89. The van der Waals surface area contributed by atoms with E-state index in [0.29, 0.717) is 4.47 Å². The zero-order valence-electron chi connectivity index (χ0n) is 8.27. The number of nitriles is 1. The van der Waals surface area contributed by atoms with Crippen molar-refractivity contribution < 1.29 is 19.1 Å². The summed E-state index contributed by atoms with van der Waals surface area (Å²) in [7, 11) is 2.50. The molecule has 0 aromatic carbocycles. The summed E-state index contributed by atoms with van der Waals surface area (Å²) in [5, 5.41) is 8.75. The van der Waals surface area contributed by atoms with E-state index in [-0.39, 0.29) is 31.8 Å². The third-order valence-electron chi connectivity index (χ3n) is 1.87. The van der Waals surface area contributed by atoms with Crippen molar-refractivity contribution in [2.24, 2.45) is 0 Å². The van der Waals surface area contributed by atoms with Gasteiger partial charge in [-0.2, -0.15) is 0 Å². The molecule has 0 radical (unpaired) electrons. The average Bonchev–Trinajstić information content (AvgIpc) is 2.70. The Bertz CT molecular complexity index is 341. The van der Waals surface area contributed by atoms with Gasteiger partial charge in [0.2, 0.25) is 0 Å². The van der Waals surface area contributed by atoms with Crippen molar-refractivity contribution in [3.8, 4) is 6.07 Å². The van der Waals surface area contributed by atoms with Gasteiger partial charge in [-0.3, -0.25) is 0 Å². The normalized spacial score (nSPS) is 19.7. The molecule has 0 aromatic rings. The van der Waals surface area contributed by atoms with Crippen LogP contribution in [0.2, 0.25) is 4.82 Å². The summed E-state index contributed by atoms with van der Waals surface area (Å²) in [5.74, 6) is -1.08. The van der Waals surface area contributed by atoms with Gasteiger partial charge in [-0.05, 0) is 0 Å². The van der Waals surface area contributed by atoms with Crippen LogP contribution in [0.5, 0.6) is 0 Å². The number of hydrogen-bond acceptors (Lipinski definition) is 5. The predicted octanol–water partition coefficient (Wildman–Crippen LogP) is 0.00648. The van der Waals surface area contributed by atoms with Crippen LogP contribution < -0.4 is 0 Å². The number of carbonyl (C=O) groups is 2. The van der Waals surface area contributed by atoms with Gasteiger partial charge in [-0.25, -0.2) is 0 Å². The molecule has 0 bridgehead atoms. The average molecular weight is 274 g/mol. The quantitative estimate of drug-likeness (QED) is 0.523. The summed E-state index contributed by atoms with van der Waals surface area (Å²) >= 11 is -0.328. The maximum atomic E-state index is 11.3. The molecule has 0 N–H and O–H groups in total. The van der Waals surface area contributed by atoms with E-state index >= 15 is 0 Å². The number of esters is 2.